The number of hydrogen-bond acceptors (Lipinski definition) is 9. The predicted octanol–water partition coefficient (Wildman–Crippen LogP) is 6.26. The molecular formula is C21H12BrCl2N3O5S3. The smallest absolute Gasteiger partial charge is 0.293 e. The second kappa shape index (κ2) is 10.8. The van der Waals surface area contributed by atoms with E-state index >= 15 is 0 Å². The first kappa shape index (κ1) is 25.9. The van der Waals surface area contributed by atoms with Gasteiger partial charge in [0.1, 0.15) is 0 Å². The van der Waals surface area contributed by atoms with Gasteiger partial charge in [0.2, 0.25) is 20.1 Å². The lowest BCUT2D eigenvalue weighted by atomic mass is 10.1. The number of nitrogens with zero attached hydrogens (tertiary/aromatic N) is 2. The highest BCUT2D eigenvalue weighted by molar-refractivity contribution is 9.10. The van der Waals surface area contributed by atoms with Crippen LogP contribution in [-0.4, -0.2) is 36.1 Å². The number of nitrogens with one attached hydrogen (secondary N) is 1. The molecule has 1 N–H and O–H groups in total. The molecular weight excluding hydrogens is 621 g/mol. The molecule has 2 aromatic heterocycles. The topological polar surface area (TPSA) is 119 Å². The molecule has 0 aliphatic rings. The zero-order valence-electron chi connectivity index (χ0n) is 17.2. The van der Waals surface area contributed by atoms with Crippen LogP contribution in [-0.2, 0) is 9.84 Å². The minimum atomic E-state index is -3.93. The molecule has 180 valence electrons. The zero-order chi connectivity index (χ0) is 25.2. The standard InChI is InChI=1S/C21H12BrCl2N3O5S3/c22-11-1-4-13(5-2-11)35(30,31)18-8-7-17(32-18)19(29)25-20-26-27-21(34-20)33-10-16(28)14-6-3-12(23)9-15(14)24/h1-9H,10H2,(H,25,26,29). The highest BCUT2D eigenvalue weighted by Crippen LogP contribution is 2.29. The van der Waals surface area contributed by atoms with Gasteiger partial charge in [-0.2, -0.15) is 0 Å². The summed E-state index contributed by atoms with van der Waals surface area (Å²) in [6.07, 6.45) is 0. The highest BCUT2D eigenvalue weighted by atomic mass is 79.9. The van der Waals surface area contributed by atoms with E-state index in [1.807, 2.05) is 0 Å². The Morgan fingerprint density at radius 2 is 1.80 bits per heavy atom. The molecule has 0 fully saturated rings. The number of benzene rings is 2. The van der Waals surface area contributed by atoms with Crippen LogP contribution in [0.4, 0.5) is 5.13 Å². The molecule has 0 spiro atoms. The molecule has 14 heteroatoms. The van der Waals surface area contributed by atoms with Crippen LogP contribution in [0.3, 0.4) is 0 Å². The van der Waals surface area contributed by atoms with Gasteiger partial charge in [0.05, 0.1) is 15.7 Å². The van der Waals surface area contributed by atoms with Crippen LogP contribution >= 0.6 is 62.2 Å². The Bertz CT molecular complexity index is 1520. The lowest BCUT2D eigenvalue weighted by Gasteiger charge is -2.02. The molecule has 2 heterocycles. The number of thioether (sulfide) groups is 1. The van der Waals surface area contributed by atoms with E-state index in [4.69, 9.17) is 27.6 Å². The highest BCUT2D eigenvalue weighted by Gasteiger charge is 2.24. The van der Waals surface area contributed by atoms with E-state index in [2.05, 4.69) is 31.4 Å². The Hall–Kier alpha value is -2.22. The van der Waals surface area contributed by atoms with Gasteiger partial charge in [0, 0.05) is 15.1 Å². The molecule has 0 unspecified atom stereocenters. The van der Waals surface area contributed by atoms with Crippen molar-refractivity contribution in [1.29, 1.82) is 0 Å². The summed E-state index contributed by atoms with van der Waals surface area (Å²) in [5.41, 5.74) is 0.341. The zero-order valence-corrected chi connectivity index (χ0v) is 22.7. The summed E-state index contributed by atoms with van der Waals surface area (Å²) in [4.78, 5) is 24.9. The van der Waals surface area contributed by atoms with Crippen LogP contribution in [0, 0.1) is 0 Å². The van der Waals surface area contributed by atoms with Gasteiger partial charge in [-0.25, -0.2) is 8.42 Å². The van der Waals surface area contributed by atoms with Gasteiger partial charge in [-0.1, -0.05) is 62.2 Å². The summed E-state index contributed by atoms with van der Waals surface area (Å²) in [7, 11) is -3.93. The molecule has 2 aromatic carbocycles. The van der Waals surface area contributed by atoms with Crippen molar-refractivity contribution in [2.75, 3.05) is 11.1 Å². The maximum Gasteiger partial charge on any atom is 0.293 e. The van der Waals surface area contributed by atoms with Crippen LogP contribution in [0.5, 0.6) is 0 Å². The largest absolute Gasteiger partial charge is 0.439 e. The summed E-state index contributed by atoms with van der Waals surface area (Å²) in [6.45, 7) is 0. The molecule has 4 aromatic rings. The number of amides is 1. The number of Topliss-reactive ketones (excluding diaryl/α,β-unsaturated/α-hetero) is 1. The first-order chi connectivity index (χ1) is 16.6. The molecule has 8 nitrogen and oxygen atoms in total. The van der Waals surface area contributed by atoms with Crippen molar-refractivity contribution in [3.05, 3.63) is 80.4 Å². The minimum absolute atomic E-state index is 0.0298. The fourth-order valence-electron chi connectivity index (χ4n) is 2.71. The van der Waals surface area contributed by atoms with Gasteiger partial charge in [0.15, 0.2) is 15.9 Å². The number of anilines is 1. The number of ketones is 1. The third-order valence-corrected chi connectivity index (χ3v) is 9.07. The Morgan fingerprint density at radius 1 is 1.06 bits per heavy atom. The third kappa shape index (κ3) is 6.13. The van der Waals surface area contributed by atoms with Crippen molar-refractivity contribution in [3.8, 4) is 0 Å². The van der Waals surface area contributed by atoms with Crippen LogP contribution < -0.4 is 5.32 Å². The number of sulfone groups is 1. The van der Waals surface area contributed by atoms with Crippen LogP contribution in [0.25, 0.3) is 0 Å². The average molecular weight is 633 g/mol. The van der Waals surface area contributed by atoms with Gasteiger partial charge < -0.3 is 4.42 Å². The molecule has 35 heavy (non-hydrogen) atoms. The summed E-state index contributed by atoms with van der Waals surface area (Å²) in [5, 5.41) is 10.8. The van der Waals surface area contributed by atoms with E-state index in [9.17, 15) is 18.0 Å². The monoisotopic (exact) mass is 631 g/mol. The van der Waals surface area contributed by atoms with E-state index in [1.54, 1.807) is 24.3 Å². The van der Waals surface area contributed by atoms with E-state index in [1.165, 1.54) is 30.3 Å². The first-order valence-electron chi connectivity index (χ1n) is 9.50. The van der Waals surface area contributed by atoms with Crippen molar-refractivity contribution in [2.45, 2.75) is 14.3 Å². The SMILES string of the molecule is O=C(Nc1nnc(SCC(=O)c2ccc(Cl)cc2Cl)s1)c1ccc(S(=O)(=O)c2ccc(Br)cc2)o1. The minimum Gasteiger partial charge on any atom is -0.439 e. The molecule has 0 radical (unpaired) electrons. The normalized spacial score (nSPS) is 11.4. The van der Waals surface area contributed by atoms with E-state index < -0.39 is 15.7 Å². The molecule has 0 bridgehead atoms. The summed E-state index contributed by atoms with van der Waals surface area (Å²) in [6, 6.07) is 13.1. The second-order valence-electron chi connectivity index (χ2n) is 6.74. The lowest BCUT2D eigenvalue weighted by Crippen LogP contribution is -2.10. The molecule has 1 amide bonds. The molecule has 4 rings (SSSR count). The van der Waals surface area contributed by atoms with E-state index in [-0.39, 0.29) is 37.4 Å². The molecule has 0 aliphatic carbocycles. The molecule has 0 atom stereocenters. The Labute approximate surface area is 226 Å². The Kier molecular flexibility index (Phi) is 7.99. The fourth-order valence-corrected chi connectivity index (χ4v) is 6.30. The predicted molar refractivity (Wildman–Crippen MR) is 138 cm³/mol. The van der Waals surface area contributed by atoms with Gasteiger partial charge in [-0.3, -0.25) is 14.9 Å². The van der Waals surface area contributed by atoms with Crippen molar-refractivity contribution in [3.63, 3.8) is 0 Å². The molecule has 0 saturated carbocycles. The van der Waals surface area contributed by atoms with Crippen LogP contribution in [0.1, 0.15) is 20.9 Å². The number of carbonyl (C=O) groups excluding carboxylic acids is 2. The second-order valence-corrected chi connectivity index (χ2v) is 12.6. The number of furan rings is 1. The van der Waals surface area contributed by atoms with E-state index in [0.717, 1.165) is 27.6 Å². The first-order valence-corrected chi connectivity index (χ1v) is 14.3. The van der Waals surface area contributed by atoms with Crippen molar-refractivity contribution in [2.24, 2.45) is 0 Å². The number of rotatable bonds is 8. The average Bonchev–Trinajstić information content (AvgIpc) is 3.48. The maximum absolute atomic E-state index is 12.7. The maximum atomic E-state index is 12.7. The van der Waals surface area contributed by atoms with Gasteiger partial charge >= 0.3 is 0 Å². The van der Waals surface area contributed by atoms with Crippen molar-refractivity contribution in [1.82, 2.24) is 10.2 Å². The number of halogens is 3. The quantitative estimate of drug-likeness (QED) is 0.137. The molecule has 0 saturated heterocycles. The Morgan fingerprint density at radius 3 is 2.51 bits per heavy atom. The Balaban J connectivity index is 1.38. The number of aromatic nitrogens is 2. The number of carbonyl (C=O) groups is 2. The van der Waals surface area contributed by atoms with Gasteiger partial charge in [-0.15, -0.1) is 10.2 Å². The van der Waals surface area contributed by atoms with Gasteiger partial charge in [0.25, 0.3) is 5.91 Å². The third-order valence-electron chi connectivity index (χ3n) is 4.38. The molecule has 0 aliphatic heterocycles. The fraction of sp³-hybridized carbons (Fsp3) is 0.0476. The van der Waals surface area contributed by atoms with E-state index in [0.29, 0.717) is 14.9 Å². The summed E-state index contributed by atoms with van der Waals surface area (Å²) in [5.74, 6) is -1.07. The summed E-state index contributed by atoms with van der Waals surface area (Å²) >= 11 is 17.3. The van der Waals surface area contributed by atoms with Gasteiger partial charge in [-0.05, 0) is 54.6 Å². The lowest BCUT2D eigenvalue weighted by molar-refractivity contribution is 0.0989. The van der Waals surface area contributed by atoms with Crippen LogP contribution in [0.2, 0.25) is 10.0 Å². The summed E-state index contributed by atoms with van der Waals surface area (Å²) < 4.78 is 31.9. The van der Waals surface area contributed by atoms with Crippen molar-refractivity contribution >= 4 is 88.9 Å². The number of hydrogen-bond donors (Lipinski definition) is 1. The van der Waals surface area contributed by atoms with Crippen LogP contribution in [0.15, 0.2) is 77.8 Å². The van der Waals surface area contributed by atoms with Crippen molar-refractivity contribution < 1.29 is 22.4 Å².